The molecule has 0 radical (unpaired) electrons. The summed E-state index contributed by atoms with van der Waals surface area (Å²) in [7, 11) is 0. The standard InChI is InChI=1S/C12H13NO5/c14-12(15)18-11(9-3-4-9)7-8-1-5-10(6-2-8)13(16)17/h1-2,5-6,9,11H,3-4,7H2,(H,14,15)/t11-/m1/s1. The van der Waals surface area contributed by atoms with Crippen LogP contribution in [-0.4, -0.2) is 22.3 Å². The van der Waals surface area contributed by atoms with E-state index < -0.39 is 11.1 Å². The van der Waals surface area contributed by atoms with Crippen molar-refractivity contribution in [1.29, 1.82) is 0 Å². The van der Waals surface area contributed by atoms with Crippen molar-refractivity contribution in [3.8, 4) is 0 Å². The minimum atomic E-state index is -1.27. The second-order valence-electron chi connectivity index (χ2n) is 4.39. The molecule has 1 aromatic rings. The smallest absolute Gasteiger partial charge is 0.450 e. The fourth-order valence-electron chi connectivity index (χ4n) is 1.89. The Morgan fingerprint density at radius 3 is 2.50 bits per heavy atom. The van der Waals surface area contributed by atoms with Gasteiger partial charge in [-0.1, -0.05) is 12.1 Å². The van der Waals surface area contributed by atoms with Crippen molar-refractivity contribution in [3.63, 3.8) is 0 Å². The van der Waals surface area contributed by atoms with Gasteiger partial charge in [-0.2, -0.15) is 0 Å². The molecule has 1 N–H and O–H groups in total. The molecule has 1 aliphatic carbocycles. The van der Waals surface area contributed by atoms with Crippen molar-refractivity contribution in [2.45, 2.75) is 25.4 Å². The van der Waals surface area contributed by atoms with E-state index in [4.69, 9.17) is 9.84 Å². The van der Waals surface area contributed by atoms with Gasteiger partial charge >= 0.3 is 6.16 Å². The first kappa shape index (κ1) is 12.3. The van der Waals surface area contributed by atoms with E-state index in [9.17, 15) is 14.9 Å². The highest BCUT2D eigenvalue weighted by atomic mass is 16.7. The Kier molecular flexibility index (Phi) is 3.45. The minimum Gasteiger partial charge on any atom is -0.450 e. The van der Waals surface area contributed by atoms with Crippen LogP contribution in [0.1, 0.15) is 18.4 Å². The Hall–Kier alpha value is -2.11. The van der Waals surface area contributed by atoms with Gasteiger partial charge in [-0.05, 0) is 24.3 Å². The normalized spacial score (nSPS) is 16.0. The van der Waals surface area contributed by atoms with Crippen LogP contribution in [0.2, 0.25) is 0 Å². The number of carboxylic acid groups (broad SMARTS) is 1. The van der Waals surface area contributed by atoms with Gasteiger partial charge in [0.15, 0.2) is 0 Å². The molecule has 18 heavy (non-hydrogen) atoms. The number of carbonyl (C=O) groups is 1. The number of nitrogens with zero attached hydrogens (tertiary/aromatic N) is 1. The number of nitro groups is 1. The van der Waals surface area contributed by atoms with Crippen molar-refractivity contribution in [1.82, 2.24) is 0 Å². The summed E-state index contributed by atoms with van der Waals surface area (Å²) < 4.78 is 4.84. The summed E-state index contributed by atoms with van der Waals surface area (Å²) in [5.41, 5.74) is 0.875. The van der Waals surface area contributed by atoms with Gasteiger partial charge in [-0.15, -0.1) is 0 Å². The Labute approximate surface area is 103 Å². The molecule has 0 saturated heterocycles. The first-order valence-electron chi connectivity index (χ1n) is 5.69. The van der Waals surface area contributed by atoms with Gasteiger partial charge < -0.3 is 9.84 Å². The summed E-state index contributed by atoms with van der Waals surface area (Å²) >= 11 is 0. The van der Waals surface area contributed by atoms with Crippen LogP contribution in [0, 0.1) is 16.0 Å². The van der Waals surface area contributed by atoms with Crippen LogP contribution in [0.15, 0.2) is 24.3 Å². The molecule has 1 aliphatic rings. The predicted octanol–water partition coefficient (Wildman–Crippen LogP) is 2.61. The molecule has 0 unspecified atom stereocenters. The summed E-state index contributed by atoms with van der Waals surface area (Å²) in [4.78, 5) is 20.6. The quantitative estimate of drug-likeness (QED) is 0.493. The van der Waals surface area contributed by atoms with Crippen LogP contribution in [0.25, 0.3) is 0 Å². The summed E-state index contributed by atoms with van der Waals surface area (Å²) in [6, 6.07) is 6.11. The van der Waals surface area contributed by atoms with Gasteiger partial charge in [0, 0.05) is 18.6 Å². The molecule has 1 fully saturated rings. The molecule has 0 heterocycles. The van der Waals surface area contributed by atoms with Gasteiger partial charge in [0.2, 0.25) is 0 Å². The van der Waals surface area contributed by atoms with E-state index in [1.54, 1.807) is 12.1 Å². The third-order valence-corrected chi connectivity index (χ3v) is 2.98. The fourth-order valence-corrected chi connectivity index (χ4v) is 1.89. The van der Waals surface area contributed by atoms with Crippen LogP contribution in [0.5, 0.6) is 0 Å². The lowest BCUT2D eigenvalue weighted by Crippen LogP contribution is -2.21. The van der Waals surface area contributed by atoms with Crippen molar-refractivity contribution >= 4 is 11.8 Å². The number of ether oxygens (including phenoxy) is 1. The van der Waals surface area contributed by atoms with E-state index in [1.165, 1.54) is 12.1 Å². The van der Waals surface area contributed by atoms with Gasteiger partial charge in [0.25, 0.3) is 5.69 Å². The number of hydrogen-bond donors (Lipinski definition) is 1. The van der Waals surface area contributed by atoms with Crippen LogP contribution in [0.3, 0.4) is 0 Å². The van der Waals surface area contributed by atoms with E-state index in [2.05, 4.69) is 0 Å². The monoisotopic (exact) mass is 251 g/mol. The van der Waals surface area contributed by atoms with Crippen molar-refractivity contribution in [2.75, 3.05) is 0 Å². The summed E-state index contributed by atoms with van der Waals surface area (Å²) in [6.45, 7) is 0. The van der Waals surface area contributed by atoms with Crippen molar-refractivity contribution < 1.29 is 19.6 Å². The van der Waals surface area contributed by atoms with Crippen LogP contribution < -0.4 is 0 Å². The second-order valence-corrected chi connectivity index (χ2v) is 4.39. The van der Waals surface area contributed by atoms with Gasteiger partial charge in [0.05, 0.1) is 4.92 Å². The molecular formula is C12H13NO5. The maximum Gasteiger partial charge on any atom is 0.506 e. The molecule has 1 atom stereocenters. The van der Waals surface area contributed by atoms with Gasteiger partial charge in [0.1, 0.15) is 6.10 Å². The van der Waals surface area contributed by atoms with E-state index >= 15 is 0 Å². The summed E-state index contributed by atoms with van der Waals surface area (Å²) in [5, 5.41) is 19.1. The highest BCUT2D eigenvalue weighted by Gasteiger charge is 2.34. The third-order valence-electron chi connectivity index (χ3n) is 2.98. The van der Waals surface area contributed by atoms with Crippen LogP contribution in [0.4, 0.5) is 10.5 Å². The Morgan fingerprint density at radius 2 is 2.06 bits per heavy atom. The Bertz CT molecular complexity index is 452. The van der Waals surface area contributed by atoms with Crippen LogP contribution in [-0.2, 0) is 11.2 Å². The second kappa shape index (κ2) is 5.03. The first-order chi connectivity index (χ1) is 8.56. The lowest BCUT2D eigenvalue weighted by molar-refractivity contribution is -0.384. The molecule has 0 aliphatic heterocycles. The first-order valence-corrected chi connectivity index (χ1v) is 5.69. The molecule has 6 heteroatoms. The molecule has 1 aromatic carbocycles. The molecular weight excluding hydrogens is 238 g/mol. The maximum atomic E-state index is 10.6. The largest absolute Gasteiger partial charge is 0.506 e. The average molecular weight is 251 g/mol. The number of rotatable bonds is 5. The maximum absolute atomic E-state index is 10.6. The predicted molar refractivity (Wildman–Crippen MR) is 62.4 cm³/mol. The zero-order valence-electron chi connectivity index (χ0n) is 9.61. The highest BCUT2D eigenvalue weighted by molar-refractivity contribution is 5.57. The Morgan fingerprint density at radius 1 is 1.44 bits per heavy atom. The lowest BCUT2D eigenvalue weighted by atomic mass is 10.0. The van der Waals surface area contributed by atoms with E-state index in [-0.39, 0.29) is 17.7 Å². The number of non-ortho nitro benzene ring substituents is 1. The minimum absolute atomic E-state index is 0.0286. The zero-order valence-corrected chi connectivity index (χ0v) is 9.61. The fraction of sp³-hybridized carbons (Fsp3) is 0.417. The molecule has 0 bridgehead atoms. The lowest BCUT2D eigenvalue weighted by Gasteiger charge is -2.14. The van der Waals surface area contributed by atoms with Gasteiger partial charge in [-0.3, -0.25) is 10.1 Å². The number of benzene rings is 1. The topological polar surface area (TPSA) is 89.7 Å². The SMILES string of the molecule is O=C(O)O[C@H](Cc1ccc([N+](=O)[O-])cc1)C1CC1. The molecule has 1 saturated carbocycles. The van der Waals surface area contributed by atoms with Crippen LogP contribution >= 0.6 is 0 Å². The molecule has 0 spiro atoms. The Balaban J connectivity index is 2.02. The molecule has 96 valence electrons. The average Bonchev–Trinajstić information content (AvgIpc) is 3.12. The third kappa shape index (κ3) is 3.19. The van der Waals surface area contributed by atoms with E-state index in [0.29, 0.717) is 6.42 Å². The highest BCUT2D eigenvalue weighted by Crippen LogP contribution is 2.36. The molecule has 0 aromatic heterocycles. The summed E-state index contributed by atoms with van der Waals surface area (Å²) in [6.07, 6.45) is 0.808. The van der Waals surface area contributed by atoms with E-state index in [0.717, 1.165) is 18.4 Å². The number of hydrogen-bond acceptors (Lipinski definition) is 4. The van der Waals surface area contributed by atoms with Crippen molar-refractivity contribution in [3.05, 3.63) is 39.9 Å². The molecule has 6 nitrogen and oxygen atoms in total. The van der Waals surface area contributed by atoms with Gasteiger partial charge in [-0.25, -0.2) is 4.79 Å². The van der Waals surface area contributed by atoms with E-state index in [1.807, 2.05) is 0 Å². The summed E-state index contributed by atoms with van der Waals surface area (Å²) in [5.74, 6) is 0.288. The molecule has 0 amide bonds. The molecule has 2 rings (SSSR count). The number of nitro benzene ring substituents is 1. The zero-order chi connectivity index (χ0) is 13.1. The van der Waals surface area contributed by atoms with Crippen molar-refractivity contribution in [2.24, 2.45) is 5.92 Å².